The molecule has 2 N–H and O–H groups in total. The summed E-state index contributed by atoms with van der Waals surface area (Å²) in [6, 6.07) is 8.32. The van der Waals surface area contributed by atoms with Gasteiger partial charge in [0.1, 0.15) is 18.8 Å². The molecule has 0 atom stereocenters. The highest BCUT2D eigenvalue weighted by atomic mass is 16.6. The number of rotatable bonds is 4. The summed E-state index contributed by atoms with van der Waals surface area (Å²) in [6.07, 6.45) is 2.95. The molecular formula is C25H29N5O4. The highest BCUT2D eigenvalue weighted by molar-refractivity contribution is 5.88. The molecular weight excluding hydrogens is 434 g/mol. The largest absolute Gasteiger partial charge is 0.484 e. The van der Waals surface area contributed by atoms with Gasteiger partial charge in [0, 0.05) is 29.2 Å². The fraction of sp³-hybridized carbons (Fsp3) is 0.440. The summed E-state index contributed by atoms with van der Waals surface area (Å²) >= 11 is 0. The van der Waals surface area contributed by atoms with Crippen molar-refractivity contribution in [1.29, 1.82) is 0 Å². The van der Waals surface area contributed by atoms with Crippen LogP contribution in [0.3, 0.4) is 0 Å². The van der Waals surface area contributed by atoms with Gasteiger partial charge in [-0.1, -0.05) is 6.07 Å². The molecule has 0 bridgehead atoms. The molecule has 34 heavy (non-hydrogen) atoms. The van der Waals surface area contributed by atoms with E-state index >= 15 is 0 Å². The number of nitrogens with zero attached hydrogens (tertiary/aromatic N) is 3. The molecule has 0 saturated heterocycles. The summed E-state index contributed by atoms with van der Waals surface area (Å²) in [5.41, 5.74) is 3.18. The third-order valence-corrected chi connectivity index (χ3v) is 5.83. The van der Waals surface area contributed by atoms with Crippen molar-refractivity contribution < 1.29 is 19.0 Å². The van der Waals surface area contributed by atoms with E-state index < -0.39 is 5.60 Å². The van der Waals surface area contributed by atoms with Gasteiger partial charge in [0.25, 0.3) is 5.88 Å². The molecule has 1 aromatic carbocycles. The van der Waals surface area contributed by atoms with E-state index in [0.717, 1.165) is 40.6 Å². The molecule has 0 unspecified atom stereocenters. The third kappa shape index (κ3) is 4.69. The molecule has 1 saturated carbocycles. The van der Waals surface area contributed by atoms with Gasteiger partial charge in [-0.3, -0.25) is 0 Å². The maximum Gasteiger partial charge on any atom is 0.407 e. The van der Waals surface area contributed by atoms with Gasteiger partial charge in [-0.25, -0.2) is 19.7 Å². The van der Waals surface area contributed by atoms with Gasteiger partial charge >= 0.3 is 6.09 Å². The lowest BCUT2D eigenvalue weighted by atomic mass is 9.87. The number of amides is 1. The normalized spacial score (nSPS) is 19.3. The molecule has 1 amide bonds. The van der Waals surface area contributed by atoms with Crippen molar-refractivity contribution in [3.05, 3.63) is 36.2 Å². The minimum Gasteiger partial charge on any atom is -0.484 e. The van der Waals surface area contributed by atoms with E-state index in [1.807, 2.05) is 45.9 Å². The zero-order chi connectivity index (χ0) is 23.9. The van der Waals surface area contributed by atoms with Crippen molar-refractivity contribution in [2.45, 2.75) is 58.2 Å². The van der Waals surface area contributed by atoms with E-state index in [-0.39, 0.29) is 18.2 Å². The Morgan fingerprint density at radius 2 is 1.88 bits per heavy atom. The zero-order valence-electron chi connectivity index (χ0n) is 19.8. The number of pyridine rings is 1. The lowest BCUT2D eigenvalue weighted by molar-refractivity contribution is 0.0475. The molecule has 178 valence electrons. The molecule has 1 aliphatic heterocycles. The Bertz CT molecular complexity index is 1230. The quantitative estimate of drug-likeness (QED) is 0.592. The Labute approximate surface area is 198 Å². The first kappa shape index (κ1) is 22.2. The molecule has 2 aromatic heterocycles. The van der Waals surface area contributed by atoms with Crippen molar-refractivity contribution in [3.63, 3.8) is 0 Å². The van der Waals surface area contributed by atoms with Gasteiger partial charge in [-0.15, -0.1) is 0 Å². The number of fused-ring (bicyclic) bond motifs is 2. The van der Waals surface area contributed by atoms with E-state index in [2.05, 4.69) is 26.7 Å². The third-order valence-electron chi connectivity index (χ3n) is 5.83. The van der Waals surface area contributed by atoms with Crippen LogP contribution >= 0.6 is 0 Å². The van der Waals surface area contributed by atoms with Crippen molar-refractivity contribution in [3.8, 4) is 22.8 Å². The number of aryl methyl sites for hydroxylation is 1. The number of benzene rings is 1. The maximum atomic E-state index is 11.9. The first-order valence-electron chi connectivity index (χ1n) is 11.5. The fourth-order valence-corrected chi connectivity index (χ4v) is 4.20. The van der Waals surface area contributed by atoms with Crippen LogP contribution in [0.5, 0.6) is 11.6 Å². The van der Waals surface area contributed by atoms with Crippen molar-refractivity contribution >= 4 is 22.9 Å². The number of anilines is 1. The van der Waals surface area contributed by atoms with E-state index in [0.29, 0.717) is 30.8 Å². The highest BCUT2D eigenvalue weighted by Gasteiger charge is 2.32. The van der Waals surface area contributed by atoms with E-state index in [9.17, 15) is 4.79 Å². The second kappa shape index (κ2) is 8.62. The summed E-state index contributed by atoms with van der Waals surface area (Å²) in [7, 11) is 0. The number of nitrogens with one attached hydrogen (secondary N) is 2. The van der Waals surface area contributed by atoms with Crippen LogP contribution in [0.1, 0.15) is 39.3 Å². The Hall–Kier alpha value is -3.62. The van der Waals surface area contributed by atoms with Gasteiger partial charge < -0.3 is 24.8 Å². The summed E-state index contributed by atoms with van der Waals surface area (Å²) in [5, 5.41) is 7.27. The average molecular weight is 464 g/mol. The van der Waals surface area contributed by atoms with Crippen LogP contribution in [0.2, 0.25) is 0 Å². The van der Waals surface area contributed by atoms with Crippen LogP contribution in [0.4, 0.5) is 10.7 Å². The summed E-state index contributed by atoms with van der Waals surface area (Å²) < 4.78 is 16.8. The SMILES string of the molecule is Cc1nc(N[C@H]2C[C@@H](NC(=O)OC(C)(C)C)C2)nc2ccc(-c3ccnc4c3OCCO4)cc12. The summed E-state index contributed by atoms with van der Waals surface area (Å²) in [5.74, 6) is 1.79. The maximum absolute atomic E-state index is 11.9. The fourth-order valence-electron chi connectivity index (χ4n) is 4.20. The number of ether oxygens (including phenoxy) is 3. The van der Waals surface area contributed by atoms with Crippen LogP contribution in [0, 0.1) is 6.92 Å². The molecule has 5 rings (SSSR count). The Balaban J connectivity index is 1.28. The number of carbonyl (C=O) groups is 1. The smallest absolute Gasteiger partial charge is 0.407 e. The minimum absolute atomic E-state index is 0.0916. The average Bonchev–Trinajstić information content (AvgIpc) is 2.76. The first-order valence-corrected chi connectivity index (χ1v) is 11.5. The number of carbonyl (C=O) groups excluding carboxylic acids is 1. The topological polar surface area (TPSA) is 107 Å². The van der Waals surface area contributed by atoms with Crippen molar-refractivity contribution in [2.24, 2.45) is 0 Å². The van der Waals surface area contributed by atoms with Gasteiger partial charge in [0.05, 0.1) is 11.2 Å². The lowest BCUT2D eigenvalue weighted by Gasteiger charge is -2.36. The van der Waals surface area contributed by atoms with E-state index in [4.69, 9.17) is 19.2 Å². The Morgan fingerprint density at radius 1 is 1.09 bits per heavy atom. The van der Waals surface area contributed by atoms with Crippen LogP contribution in [-0.4, -0.2) is 51.9 Å². The second-order valence-corrected chi connectivity index (χ2v) is 9.71. The van der Waals surface area contributed by atoms with E-state index in [1.54, 1.807) is 6.20 Å². The van der Waals surface area contributed by atoms with E-state index in [1.165, 1.54) is 0 Å². The van der Waals surface area contributed by atoms with Gasteiger partial charge in [0.2, 0.25) is 5.95 Å². The van der Waals surface area contributed by atoms with Gasteiger partial charge in [0.15, 0.2) is 5.75 Å². The Kier molecular flexibility index (Phi) is 5.63. The lowest BCUT2D eigenvalue weighted by Crippen LogP contribution is -2.50. The highest BCUT2D eigenvalue weighted by Crippen LogP contribution is 2.39. The zero-order valence-corrected chi connectivity index (χ0v) is 19.8. The molecule has 1 aliphatic carbocycles. The van der Waals surface area contributed by atoms with Crippen molar-refractivity contribution in [2.75, 3.05) is 18.5 Å². The van der Waals surface area contributed by atoms with Crippen LogP contribution < -0.4 is 20.1 Å². The van der Waals surface area contributed by atoms with Crippen LogP contribution in [0.15, 0.2) is 30.5 Å². The summed E-state index contributed by atoms with van der Waals surface area (Å²) in [4.78, 5) is 25.6. The van der Waals surface area contributed by atoms with Crippen molar-refractivity contribution in [1.82, 2.24) is 20.3 Å². The molecule has 0 radical (unpaired) electrons. The first-order chi connectivity index (χ1) is 16.2. The molecule has 9 nitrogen and oxygen atoms in total. The van der Waals surface area contributed by atoms with Crippen LogP contribution in [0.25, 0.3) is 22.0 Å². The van der Waals surface area contributed by atoms with Crippen LogP contribution in [-0.2, 0) is 4.74 Å². The van der Waals surface area contributed by atoms with Gasteiger partial charge in [-0.2, -0.15) is 0 Å². The number of hydrogen-bond donors (Lipinski definition) is 2. The summed E-state index contributed by atoms with van der Waals surface area (Å²) in [6.45, 7) is 8.55. The molecule has 3 aromatic rings. The van der Waals surface area contributed by atoms with Gasteiger partial charge in [-0.05, 0) is 64.3 Å². The molecule has 1 fully saturated rings. The number of aromatic nitrogens is 3. The Morgan fingerprint density at radius 3 is 2.68 bits per heavy atom. The number of alkyl carbamates (subject to hydrolysis) is 1. The predicted octanol–water partition coefficient (Wildman–Crippen LogP) is 4.24. The monoisotopic (exact) mass is 463 g/mol. The minimum atomic E-state index is -0.501. The molecule has 3 heterocycles. The molecule has 0 spiro atoms. The molecule has 2 aliphatic rings. The molecule has 9 heteroatoms. The second-order valence-electron chi connectivity index (χ2n) is 9.71. The predicted molar refractivity (Wildman–Crippen MR) is 128 cm³/mol. The number of hydrogen-bond acceptors (Lipinski definition) is 8. The standard InChI is InChI=1S/C25H29N5O4/c1-14-19-11-15(18-7-8-26-22-21(18)32-9-10-33-22)5-6-20(19)30-23(27-14)28-16-12-17(13-16)29-24(31)34-25(2,3)4/h5-8,11,16-17H,9-10,12-13H2,1-4H3,(H,29,31)(H,27,28,30)/t16-,17+.